The van der Waals surface area contributed by atoms with Crippen molar-refractivity contribution >= 4 is 28.4 Å². The van der Waals surface area contributed by atoms with E-state index in [1.165, 1.54) is 0 Å². The maximum absolute atomic E-state index is 9.41. The molecule has 0 spiro atoms. The van der Waals surface area contributed by atoms with Gasteiger partial charge in [0.1, 0.15) is 12.5 Å². The first-order valence-electron chi connectivity index (χ1n) is 11.0. The topological polar surface area (TPSA) is 106 Å². The number of nitrogens with one attached hydrogen (secondary N) is 3. The molecule has 0 amide bonds. The second kappa shape index (κ2) is 8.75. The van der Waals surface area contributed by atoms with Gasteiger partial charge in [-0.05, 0) is 49.4 Å². The van der Waals surface area contributed by atoms with E-state index in [9.17, 15) is 5.26 Å². The number of hydrogen-bond acceptors (Lipinski definition) is 8. The predicted octanol–water partition coefficient (Wildman–Crippen LogP) is 2.83. The molecule has 1 aliphatic rings. The van der Waals surface area contributed by atoms with E-state index in [0.717, 1.165) is 45.4 Å². The number of nitrogens with zero attached hydrogens (tertiary/aromatic N) is 6. The van der Waals surface area contributed by atoms with Gasteiger partial charge >= 0.3 is 0 Å². The number of anilines is 2. The van der Waals surface area contributed by atoms with E-state index in [1.54, 1.807) is 10.8 Å². The summed E-state index contributed by atoms with van der Waals surface area (Å²) in [5, 5.41) is 24.3. The van der Waals surface area contributed by atoms with E-state index in [0.29, 0.717) is 12.1 Å². The summed E-state index contributed by atoms with van der Waals surface area (Å²) in [5.74, 6) is 0. The van der Waals surface area contributed by atoms with Crippen molar-refractivity contribution in [3.63, 3.8) is 0 Å². The van der Waals surface area contributed by atoms with Gasteiger partial charge in [-0.1, -0.05) is 6.07 Å². The molecule has 1 aromatic carbocycles. The Morgan fingerprint density at radius 2 is 1.97 bits per heavy atom. The van der Waals surface area contributed by atoms with Crippen LogP contribution in [0.2, 0.25) is 0 Å². The number of fused-ring (bicyclic) bond motifs is 1. The maximum Gasteiger partial charge on any atom is 0.155 e. The highest BCUT2D eigenvalue weighted by Crippen LogP contribution is 2.27. The lowest BCUT2D eigenvalue weighted by Crippen LogP contribution is -2.39. The molecule has 0 saturated carbocycles. The summed E-state index contributed by atoms with van der Waals surface area (Å²) >= 11 is 0. The minimum atomic E-state index is -0.0905. The fraction of sp³-hybridized carbons (Fsp3) is 0.200. The van der Waals surface area contributed by atoms with Crippen molar-refractivity contribution in [2.75, 3.05) is 30.9 Å². The average molecular weight is 452 g/mol. The van der Waals surface area contributed by atoms with Gasteiger partial charge in [-0.15, -0.1) is 0 Å². The molecule has 0 radical (unpaired) electrons. The molecule has 9 nitrogen and oxygen atoms in total. The highest BCUT2D eigenvalue weighted by Gasteiger charge is 2.26. The molecule has 34 heavy (non-hydrogen) atoms. The van der Waals surface area contributed by atoms with Crippen molar-refractivity contribution in [2.45, 2.75) is 13.1 Å². The van der Waals surface area contributed by atoms with Gasteiger partial charge < -0.3 is 20.9 Å². The number of hydrogen-bond donors (Lipinski definition) is 3. The molecule has 0 fully saturated rings. The summed E-state index contributed by atoms with van der Waals surface area (Å²) in [6.45, 7) is 2.57. The number of rotatable bonds is 6. The fourth-order valence-corrected chi connectivity index (χ4v) is 3.96. The van der Waals surface area contributed by atoms with Crippen molar-refractivity contribution in [3.05, 3.63) is 83.6 Å². The molecular weight excluding hydrogens is 426 g/mol. The third kappa shape index (κ3) is 4.21. The van der Waals surface area contributed by atoms with Crippen LogP contribution in [0.1, 0.15) is 22.5 Å². The van der Waals surface area contributed by atoms with Crippen LogP contribution in [-0.2, 0) is 0 Å². The van der Waals surface area contributed by atoms with Crippen LogP contribution in [0.15, 0.2) is 61.1 Å². The van der Waals surface area contributed by atoms with Crippen LogP contribution < -0.4 is 20.9 Å². The smallest absolute Gasteiger partial charge is 0.155 e. The van der Waals surface area contributed by atoms with Gasteiger partial charge in [-0.3, -0.25) is 4.98 Å². The van der Waals surface area contributed by atoms with E-state index in [-0.39, 0.29) is 6.17 Å². The van der Waals surface area contributed by atoms with Crippen LogP contribution in [0.3, 0.4) is 0 Å². The third-order valence-electron chi connectivity index (χ3n) is 5.67. The van der Waals surface area contributed by atoms with Crippen molar-refractivity contribution in [3.8, 4) is 6.07 Å². The van der Waals surface area contributed by atoms with Gasteiger partial charge in [-0.2, -0.15) is 10.4 Å². The SMILES string of the molecule is Cc1cccc(C2=C(c3ccc4ncnn4c3)NC(CNc3cc(C#N)cc(N(C)C)c3)N2)n1. The molecule has 1 atom stereocenters. The van der Waals surface area contributed by atoms with E-state index < -0.39 is 0 Å². The number of pyridine rings is 2. The van der Waals surface area contributed by atoms with E-state index in [1.807, 2.05) is 80.6 Å². The molecule has 3 N–H and O–H groups in total. The molecule has 3 aromatic heterocycles. The van der Waals surface area contributed by atoms with Crippen LogP contribution in [0, 0.1) is 18.3 Å². The van der Waals surface area contributed by atoms with E-state index in [2.05, 4.69) is 32.1 Å². The summed E-state index contributed by atoms with van der Waals surface area (Å²) in [4.78, 5) is 11.0. The molecular formula is C25H25N9. The monoisotopic (exact) mass is 451 g/mol. The van der Waals surface area contributed by atoms with Crippen molar-refractivity contribution in [1.82, 2.24) is 30.2 Å². The summed E-state index contributed by atoms with van der Waals surface area (Å²) in [7, 11) is 3.92. The maximum atomic E-state index is 9.41. The summed E-state index contributed by atoms with van der Waals surface area (Å²) < 4.78 is 1.76. The normalized spacial score (nSPS) is 15.1. The van der Waals surface area contributed by atoms with Gasteiger partial charge in [0.2, 0.25) is 0 Å². The van der Waals surface area contributed by atoms with Crippen LogP contribution in [0.5, 0.6) is 0 Å². The van der Waals surface area contributed by atoms with Crippen LogP contribution >= 0.6 is 0 Å². The Bertz CT molecular complexity index is 1430. The molecule has 0 bridgehead atoms. The Morgan fingerprint density at radius 3 is 2.76 bits per heavy atom. The highest BCUT2D eigenvalue weighted by atomic mass is 15.3. The molecule has 1 aliphatic heterocycles. The lowest BCUT2D eigenvalue weighted by Gasteiger charge is -2.18. The molecule has 170 valence electrons. The van der Waals surface area contributed by atoms with Gasteiger partial charge in [-0.25, -0.2) is 9.50 Å². The minimum absolute atomic E-state index is 0.0905. The van der Waals surface area contributed by atoms with Crippen molar-refractivity contribution in [2.24, 2.45) is 0 Å². The Kier molecular flexibility index (Phi) is 5.47. The van der Waals surface area contributed by atoms with Gasteiger partial charge in [0, 0.05) is 42.9 Å². The largest absolute Gasteiger partial charge is 0.381 e. The summed E-state index contributed by atoms with van der Waals surface area (Å²) in [6, 6.07) is 18.0. The highest BCUT2D eigenvalue weighted by molar-refractivity contribution is 5.90. The Labute approximate surface area is 197 Å². The zero-order valence-electron chi connectivity index (χ0n) is 19.2. The quantitative estimate of drug-likeness (QED) is 0.411. The van der Waals surface area contributed by atoms with Gasteiger partial charge in [0.25, 0.3) is 0 Å². The zero-order chi connectivity index (χ0) is 23.7. The Morgan fingerprint density at radius 1 is 1.12 bits per heavy atom. The third-order valence-corrected chi connectivity index (χ3v) is 5.67. The fourth-order valence-electron chi connectivity index (χ4n) is 3.96. The molecule has 9 heteroatoms. The lowest BCUT2D eigenvalue weighted by molar-refractivity contribution is 0.607. The number of benzene rings is 1. The molecule has 4 aromatic rings. The second-order valence-corrected chi connectivity index (χ2v) is 8.39. The first-order chi connectivity index (χ1) is 16.5. The summed E-state index contributed by atoms with van der Waals surface area (Å²) in [5.41, 5.74) is 7.93. The van der Waals surface area contributed by atoms with Crippen molar-refractivity contribution in [1.29, 1.82) is 5.26 Å². The van der Waals surface area contributed by atoms with Crippen LogP contribution in [-0.4, -0.2) is 46.4 Å². The average Bonchev–Trinajstić information content (AvgIpc) is 3.49. The molecule has 1 unspecified atom stereocenters. The van der Waals surface area contributed by atoms with Crippen LogP contribution in [0.4, 0.5) is 11.4 Å². The standard InChI is InChI=1S/C25H25N9/c1-16-5-4-6-21(30-16)25-24(18-7-8-23-28-15-29-34(23)14-18)31-22(32-25)13-27-19-9-17(12-26)10-20(11-19)33(2)3/h4-11,14-15,22,27,31-32H,13H2,1-3H3. The summed E-state index contributed by atoms with van der Waals surface area (Å²) in [6.07, 6.45) is 3.41. The zero-order valence-corrected chi connectivity index (χ0v) is 19.2. The second-order valence-electron chi connectivity index (χ2n) is 8.39. The molecule has 0 saturated heterocycles. The Balaban J connectivity index is 1.43. The molecule has 5 rings (SSSR count). The van der Waals surface area contributed by atoms with E-state index in [4.69, 9.17) is 4.98 Å². The molecule has 0 aliphatic carbocycles. The Hall–Kier alpha value is -4.58. The number of aryl methyl sites for hydroxylation is 1. The van der Waals surface area contributed by atoms with Crippen molar-refractivity contribution < 1.29 is 0 Å². The van der Waals surface area contributed by atoms with Gasteiger partial charge in [0.15, 0.2) is 5.65 Å². The first-order valence-corrected chi connectivity index (χ1v) is 11.0. The minimum Gasteiger partial charge on any atom is -0.381 e. The van der Waals surface area contributed by atoms with Gasteiger partial charge in [0.05, 0.1) is 35.3 Å². The molecule has 4 heterocycles. The number of aromatic nitrogens is 4. The first kappa shape index (κ1) is 21.3. The van der Waals surface area contributed by atoms with E-state index >= 15 is 0 Å². The lowest BCUT2D eigenvalue weighted by atomic mass is 10.1. The predicted molar refractivity (Wildman–Crippen MR) is 133 cm³/mol. The number of nitriles is 1. The van der Waals surface area contributed by atoms with Crippen LogP contribution in [0.25, 0.3) is 17.0 Å².